The molecule has 3 aliphatic rings. The topological polar surface area (TPSA) is 269 Å². The van der Waals surface area contributed by atoms with Gasteiger partial charge in [0.25, 0.3) is 0 Å². The SMILES string of the molecule is C[C@@H]1OP(=O)(O)O[C@@H]2C(CO[P@@](=O)(S)O[C@H]3[C@@H](O)[C@H](n4cnc5c(N)ncnc54)O[C@@H]31)O[C@@H](n1cnc3c(N)ncnc31)[C@@H]2F. The number of imidazole rings is 2. The molecule has 6 N–H and O–H groups in total. The molecule has 20 nitrogen and oxygen atoms in total. The van der Waals surface area contributed by atoms with Crippen molar-refractivity contribution in [3.05, 3.63) is 25.3 Å². The lowest BCUT2D eigenvalue weighted by atomic mass is 10.1. The highest BCUT2D eigenvalue weighted by atomic mass is 32.7. The molecule has 0 aromatic carbocycles. The summed E-state index contributed by atoms with van der Waals surface area (Å²) < 4.78 is 78.7. The minimum Gasteiger partial charge on any atom is -0.386 e. The van der Waals surface area contributed by atoms with E-state index >= 15 is 4.39 Å². The number of rotatable bonds is 2. The van der Waals surface area contributed by atoms with Crippen LogP contribution in [0.1, 0.15) is 19.4 Å². The first-order valence-corrected chi connectivity index (χ1v) is 17.4. The number of aliphatic hydroxyl groups is 1. The van der Waals surface area contributed by atoms with Crippen LogP contribution in [0.5, 0.6) is 0 Å². The fourth-order valence-electron chi connectivity index (χ4n) is 5.50. The minimum atomic E-state index is -5.10. The summed E-state index contributed by atoms with van der Waals surface area (Å²) in [6, 6.07) is 0. The molecule has 0 aliphatic carbocycles. The molecule has 3 aliphatic heterocycles. The zero-order chi connectivity index (χ0) is 31.8. The maximum absolute atomic E-state index is 16.0. The predicted molar refractivity (Wildman–Crippen MR) is 151 cm³/mol. The fourth-order valence-corrected chi connectivity index (χ4v) is 8.12. The first kappa shape index (κ1) is 30.8. The second-order valence-corrected chi connectivity index (χ2v) is 14.6. The summed E-state index contributed by atoms with van der Waals surface area (Å²) >= 11 is 4.04. The molecule has 3 saturated heterocycles. The van der Waals surface area contributed by atoms with E-state index in [9.17, 15) is 19.1 Å². The predicted octanol–water partition coefficient (Wildman–Crippen LogP) is 0.668. The molecule has 11 atom stereocenters. The van der Waals surface area contributed by atoms with E-state index in [2.05, 4.69) is 42.2 Å². The lowest BCUT2D eigenvalue weighted by Crippen LogP contribution is -2.41. The number of phosphoric acid groups is 1. The fraction of sp³-hybridized carbons (Fsp3) is 0.524. The maximum Gasteiger partial charge on any atom is 0.473 e. The van der Waals surface area contributed by atoms with Crippen LogP contribution >= 0.6 is 26.9 Å². The number of nitrogen functional groups attached to an aromatic ring is 2. The van der Waals surface area contributed by atoms with Crippen LogP contribution in [-0.4, -0.2) is 98.4 Å². The summed E-state index contributed by atoms with van der Waals surface area (Å²) in [7, 11) is -5.10. The quantitative estimate of drug-likeness (QED) is 0.143. The van der Waals surface area contributed by atoms with Crippen LogP contribution in [0, 0.1) is 0 Å². The van der Waals surface area contributed by atoms with Crippen molar-refractivity contribution in [1.29, 1.82) is 0 Å². The van der Waals surface area contributed by atoms with E-state index in [1.807, 2.05) is 0 Å². The molecule has 3 fully saturated rings. The van der Waals surface area contributed by atoms with Crippen molar-refractivity contribution in [2.24, 2.45) is 0 Å². The van der Waals surface area contributed by atoms with Gasteiger partial charge in [0.2, 0.25) is 0 Å². The number of alkyl halides is 1. The van der Waals surface area contributed by atoms with E-state index in [4.69, 9.17) is 39.0 Å². The second-order valence-electron chi connectivity index (χ2n) is 10.3. The largest absolute Gasteiger partial charge is 0.473 e. The summed E-state index contributed by atoms with van der Waals surface area (Å²) in [6.45, 7) is -3.76. The average molecular weight is 691 g/mol. The van der Waals surface area contributed by atoms with Crippen LogP contribution in [0.3, 0.4) is 0 Å². The lowest BCUT2D eigenvalue weighted by molar-refractivity contribution is -0.0840. The number of phosphoric ester groups is 1. The molecular weight excluding hydrogens is 665 g/mol. The zero-order valence-electron chi connectivity index (χ0n) is 22.8. The van der Waals surface area contributed by atoms with Crippen molar-refractivity contribution in [3.63, 3.8) is 0 Å². The Morgan fingerprint density at radius 2 is 1.49 bits per heavy atom. The first-order chi connectivity index (χ1) is 21.3. The monoisotopic (exact) mass is 690 g/mol. The number of nitrogens with two attached hydrogens (primary N) is 2. The van der Waals surface area contributed by atoms with Gasteiger partial charge in [0.05, 0.1) is 25.4 Å². The van der Waals surface area contributed by atoms with Gasteiger partial charge in [-0.25, -0.2) is 43.4 Å². The van der Waals surface area contributed by atoms with Crippen LogP contribution < -0.4 is 11.5 Å². The minimum absolute atomic E-state index is 0.0319. The molecule has 4 aromatic heterocycles. The van der Waals surface area contributed by atoms with Crippen LogP contribution in [0.15, 0.2) is 25.3 Å². The molecule has 24 heteroatoms. The first-order valence-electron chi connectivity index (χ1n) is 13.2. The van der Waals surface area contributed by atoms with E-state index in [0.717, 1.165) is 6.33 Å². The number of thiol groups is 1. The van der Waals surface area contributed by atoms with E-state index < -0.39 is 76.5 Å². The average Bonchev–Trinajstić information content (AvgIpc) is 3.73. The van der Waals surface area contributed by atoms with Gasteiger partial charge >= 0.3 is 14.6 Å². The van der Waals surface area contributed by atoms with Gasteiger partial charge in [-0.2, -0.15) is 0 Å². The van der Waals surface area contributed by atoms with E-state index in [1.165, 1.54) is 35.0 Å². The Labute approximate surface area is 256 Å². The van der Waals surface area contributed by atoms with Crippen molar-refractivity contribution >= 4 is 60.8 Å². The number of fused-ring (bicyclic) bond motifs is 4. The molecule has 7 heterocycles. The van der Waals surface area contributed by atoms with Gasteiger partial charge in [-0.3, -0.25) is 27.2 Å². The Bertz CT molecular complexity index is 1870. The molecule has 242 valence electrons. The van der Waals surface area contributed by atoms with Crippen LogP contribution in [0.25, 0.3) is 22.3 Å². The molecule has 0 radical (unpaired) electrons. The van der Waals surface area contributed by atoms with Gasteiger partial charge in [0.1, 0.15) is 54.2 Å². The molecule has 7 rings (SSSR count). The summed E-state index contributed by atoms with van der Waals surface area (Å²) in [5.74, 6) is 0.0987. The third-order valence-electron chi connectivity index (χ3n) is 7.51. The van der Waals surface area contributed by atoms with Crippen LogP contribution in [-0.2, 0) is 36.7 Å². The van der Waals surface area contributed by atoms with E-state index in [-0.39, 0.29) is 34.0 Å². The van der Waals surface area contributed by atoms with Crippen molar-refractivity contribution in [2.45, 2.75) is 62.2 Å². The summed E-state index contributed by atoms with van der Waals surface area (Å²) in [5.41, 5.74) is 12.4. The van der Waals surface area contributed by atoms with Gasteiger partial charge in [-0.15, -0.1) is 0 Å². The highest BCUT2D eigenvalue weighted by Crippen LogP contribution is 2.59. The summed E-state index contributed by atoms with van der Waals surface area (Å²) in [5, 5.41) is 11.3. The normalized spacial score (nSPS) is 39.4. The van der Waals surface area contributed by atoms with Gasteiger partial charge in [0.15, 0.2) is 41.6 Å². The second kappa shape index (κ2) is 11.1. The van der Waals surface area contributed by atoms with Crippen LogP contribution in [0.2, 0.25) is 0 Å². The highest BCUT2D eigenvalue weighted by molar-refractivity contribution is 8.44. The van der Waals surface area contributed by atoms with Crippen molar-refractivity contribution in [2.75, 3.05) is 18.1 Å². The highest BCUT2D eigenvalue weighted by Gasteiger charge is 2.55. The number of aromatic nitrogens is 8. The van der Waals surface area contributed by atoms with Crippen molar-refractivity contribution in [3.8, 4) is 0 Å². The Morgan fingerprint density at radius 3 is 2.11 bits per heavy atom. The number of halogens is 1. The Morgan fingerprint density at radius 1 is 0.889 bits per heavy atom. The lowest BCUT2D eigenvalue weighted by Gasteiger charge is -2.31. The molecule has 0 spiro atoms. The number of aliphatic hydroxyl groups excluding tert-OH is 1. The number of hydrogen-bond acceptors (Lipinski definition) is 17. The Kier molecular flexibility index (Phi) is 7.61. The number of hydrogen-bond donors (Lipinski definition) is 5. The maximum atomic E-state index is 16.0. The smallest absolute Gasteiger partial charge is 0.386 e. The number of ether oxygens (including phenoxy) is 2. The zero-order valence-corrected chi connectivity index (χ0v) is 25.5. The van der Waals surface area contributed by atoms with Gasteiger partial charge in [-0.1, -0.05) is 12.2 Å². The van der Waals surface area contributed by atoms with Gasteiger partial charge < -0.3 is 30.9 Å². The Hall–Kier alpha value is -2.88. The molecule has 2 unspecified atom stereocenters. The molecular formula is C21H25FN10O10P2S. The third-order valence-corrected chi connectivity index (χ3v) is 10.2. The standard InChI is InChI=1S/C21H25FN10O10P2S/c1-7-13-15(12(33)21(39-13)32-6-30-11-17(24)26-4-28-19(11)32)42-44(36,45)37-2-8-14(41-43(34,35)40-7)9(22)20(38-8)31-5-29-10-16(23)25-3-27-18(10)31/h3-9,12-15,20-21,33H,2H2,1H3,(H,34,35)(H,36,45)(H2,23,25,27)(H2,24,26,28)/t7-,8?,9+,12+,13+,14+,15-,20+,21+,44+/m0/s1. The molecule has 0 saturated carbocycles. The molecule has 0 amide bonds. The molecule has 45 heavy (non-hydrogen) atoms. The summed E-state index contributed by atoms with van der Waals surface area (Å²) in [6.07, 6.45) is -9.21. The van der Waals surface area contributed by atoms with E-state index in [0.29, 0.717) is 0 Å². The van der Waals surface area contributed by atoms with Crippen LogP contribution in [0.4, 0.5) is 16.0 Å². The molecule has 4 aromatic rings. The van der Waals surface area contributed by atoms with Gasteiger partial charge in [-0.05, 0) is 6.92 Å². The van der Waals surface area contributed by atoms with Crippen molar-refractivity contribution < 1.29 is 51.1 Å². The van der Waals surface area contributed by atoms with Crippen molar-refractivity contribution in [1.82, 2.24) is 39.0 Å². The third kappa shape index (κ3) is 5.38. The number of anilines is 2. The Balaban J connectivity index is 1.19. The van der Waals surface area contributed by atoms with E-state index in [1.54, 1.807) is 0 Å². The number of nitrogens with zero attached hydrogens (tertiary/aromatic N) is 8. The van der Waals surface area contributed by atoms with Gasteiger partial charge in [0, 0.05) is 0 Å². The molecule has 0 bridgehead atoms. The summed E-state index contributed by atoms with van der Waals surface area (Å²) in [4.78, 5) is 34.9.